The van der Waals surface area contributed by atoms with E-state index in [0.717, 1.165) is 62.6 Å². The van der Waals surface area contributed by atoms with Crippen molar-refractivity contribution in [3.63, 3.8) is 0 Å². The molecule has 4 heterocycles. The van der Waals surface area contributed by atoms with Crippen LogP contribution in [0.5, 0.6) is 0 Å². The van der Waals surface area contributed by atoms with Crippen LogP contribution in [0.1, 0.15) is 58.8 Å². The molecule has 2 aromatic rings. The summed E-state index contributed by atoms with van der Waals surface area (Å²) in [5.74, 6) is 0.342. The van der Waals surface area contributed by atoms with E-state index in [1.807, 2.05) is 22.7 Å². The van der Waals surface area contributed by atoms with Crippen LogP contribution in [-0.4, -0.2) is 57.0 Å². The summed E-state index contributed by atoms with van der Waals surface area (Å²) in [4.78, 5) is 19.4. The van der Waals surface area contributed by atoms with Gasteiger partial charge in [0.05, 0.1) is 17.2 Å². The molecule has 1 unspecified atom stereocenters. The van der Waals surface area contributed by atoms with Crippen LogP contribution in [-0.2, 0) is 0 Å². The molecule has 1 N–H and O–H groups in total. The van der Waals surface area contributed by atoms with Crippen molar-refractivity contribution in [1.82, 2.24) is 30.2 Å². The molecule has 2 aliphatic heterocycles. The normalized spacial score (nSPS) is 22.3. The van der Waals surface area contributed by atoms with Gasteiger partial charge in [-0.1, -0.05) is 5.21 Å². The van der Waals surface area contributed by atoms with Crippen molar-refractivity contribution in [2.24, 2.45) is 0 Å². The van der Waals surface area contributed by atoms with Crippen molar-refractivity contribution in [1.29, 1.82) is 0 Å². The average molecular weight is 360 g/mol. The molecule has 0 aliphatic carbocycles. The third-order valence-corrected chi connectivity index (χ3v) is 6.23. The Morgan fingerprint density at radius 3 is 2.92 bits per heavy atom. The summed E-state index contributed by atoms with van der Waals surface area (Å²) in [5.41, 5.74) is 1.53. The molecule has 0 radical (unpaired) electrons. The molecular weight excluding hydrogens is 336 g/mol. The average Bonchev–Trinajstić information content (AvgIpc) is 3.31. The van der Waals surface area contributed by atoms with Crippen molar-refractivity contribution < 1.29 is 4.79 Å². The molecule has 0 saturated carbocycles. The molecule has 1 amide bonds. The Hall–Kier alpha value is -1.80. The molecule has 2 fully saturated rings. The zero-order valence-electron chi connectivity index (χ0n) is 14.5. The van der Waals surface area contributed by atoms with Crippen molar-refractivity contribution in [2.45, 2.75) is 44.6 Å². The van der Waals surface area contributed by atoms with Crippen molar-refractivity contribution in [2.75, 3.05) is 26.2 Å². The van der Waals surface area contributed by atoms with Gasteiger partial charge in [-0.25, -0.2) is 9.67 Å². The number of piperidine rings is 2. The third kappa shape index (κ3) is 3.59. The highest BCUT2D eigenvalue weighted by Gasteiger charge is 2.29. The van der Waals surface area contributed by atoms with E-state index in [1.165, 1.54) is 0 Å². The van der Waals surface area contributed by atoms with Crippen molar-refractivity contribution >= 4 is 17.2 Å². The summed E-state index contributed by atoms with van der Waals surface area (Å²) in [6.07, 6.45) is 6.00. The van der Waals surface area contributed by atoms with Gasteiger partial charge in [-0.15, -0.1) is 16.4 Å². The molecule has 2 saturated heterocycles. The molecule has 2 aliphatic rings. The van der Waals surface area contributed by atoms with Crippen LogP contribution in [0.3, 0.4) is 0 Å². The fourth-order valence-electron chi connectivity index (χ4n) is 3.71. The lowest BCUT2D eigenvalue weighted by atomic mass is 9.98. The lowest BCUT2D eigenvalue weighted by Gasteiger charge is -2.31. The van der Waals surface area contributed by atoms with E-state index in [9.17, 15) is 4.79 Å². The SMILES string of the molecule is Cc1csc(C2CCCN(C(=O)c3cn(C4CCNCC4)nn3)C2)n1. The number of rotatable bonds is 3. The minimum Gasteiger partial charge on any atom is -0.337 e. The molecule has 134 valence electrons. The maximum Gasteiger partial charge on any atom is 0.276 e. The Balaban J connectivity index is 1.44. The maximum absolute atomic E-state index is 12.9. The Bertz CT molecular complexity index is 735. The third-order valence-electron chi connectivity index (χ3n) is 5.11. The van der Waals surface area contributed by atoms with Crippen LogP contribution < -0.4 is 5.32 Å². The van der Waals surface area contributed by atoms with E-state index in [4.69, 9.17) is 0 Å². The van der Waals surface area contributed by atoms with Gasteiger partial charge in [-0.2, -0.15) is 0 Å². The van der Waals surface area contributed by atoms with Crippen LogP contribution in [0.4, 0.5) is 0 Å². The lowest BCUT2D eigenvalue weighted by Crippen LogP contribution is -2.39. The minimum atomic E-state index is -0.00170. The Kier molecular flexibility index (Phi) is 4.80. The molecular formula is C17H24N6OS. The van der Waals surface area contributed by atoms with Crippen LogP contribution in [0, 0.1) is 6.92 Å². The van der Waals surface area contributed by atoms with E-state index in [-0.39, 0.29) is 5.91 Å². The molecule has 2 aromatic heterocycles. The zero-order chi connectivity index (χ0) is 17.2. The summed E-state index contributed by atoms with van der Waals surface area (Å²) < 4.78 is 1.87. The Labute approximate surface area is 151 Å². The van der Waals surface area contributed by atoms with Gasteiger partial charge in [-0.05, 0) is 45.7 Å². The van der Waals surface area contributed by atoms with Crippen LogP contribution in [0.25, 0.3) is 0 Å². The van der Waals surface area contributed by atoms with E-state index in [1.54, 1.807) is 11.3 Å². The number of carbonyl (C=O) groups is 1. The molecule has 1 atom stereocenters. The van der Waals surface area contributed by atoms with Crippen LogP contribution >= 0.6 is 11.3 Å². The predicted octanol–water partition coefficient (Wildman–Crippen LogP) is 1.99. The van der Waals surface area contributed by atoms with Gasteiger partial charge in [0.15, 0.2) is 5.69 Å². The van der Waals surface area contributed by atoms with Crippen LogP contribution in [0.2, 0.25) is 0 Å². The maximum atomic E-state index is 12.9. The Morgan fingerprint density at radius 1 is 1.32 bits per heavy atom. The number of thiazole rings is 1. The highest BCUT2D eigenvalue weighted by Crippen LogP contribution is 2.29. The second-order valence-corrected chi connectivity index (χ2v) is 7.87. The summed E-state index contributed by atoms with van der Waals surface area (Å²) in [6.45, 7) is 5.53. The topological polar surface area (TPSA) is 75.9 Å². The fraction of sp³-hybridized carbons (Fsp3) is 0.647. The molecule has 0 spiro atoms. The summed E-state index contributed by atoms with van der Waals surface area (Å²) in [6, 6.07) is 0.350. The predicted molar refractivity (Wildman–Crippen MR) is 95.9 cm³/mol. The van der Waals surface area contributed by atoms with E-state index in [2.05, 4.69) is 26.0 Å². The number of likely N-dealkylation sites (tertiary alicyclic amines) is 1. The summed E-state index contributed by atoms with van der Waals surface area (Å²) in [5, 5.41) is 15.0. The number of amides is 1. The number of carbonyl (C=O) groups excluding carboxylic acids is 1. The van der Waals surface area contributed by atoms with E-state index in [0.29, 0.717) is 17.7 Å². The smallest absolute Gasteiger partial charge is 0.276 e. The fourth-order valence-corrected chi connectivity index (χ4v) is 4.63. The standard InChI is InChI=1S/C17H24N6OS/c1-12-11-25-16(19-12)13-3-2-8-22(9-13)17(24)15-10-23(21-20-15)14-4-6-18-7-5-14/h10-11,13-14,18H,2-9H2,1H3. The van der Waals surface area contributed by atoms with Gasteiger partial charge in [0.2, 0.25) is 0 Å². The van der Waals surface area contributed by atoms with Gasteiger partial charge in [0.1, 0.15) is 0 Å². The molecule has 4 rings (SSSR count). The van der Waals surface area contributed by atoms with E-state index >= 15 is 0 Å². The minimum absolute atomic E-state index is 0.00170. The monoisotopic (exact) mass is 360 g/mol. The zero-order valence-corrected chi connectivity index (χ0v) is 15.3. The second kappa shape index (κ2) is 7.21. The van der Waals surface area contributed by atoms with Gasteiger partial charge < -0.3 is 10.2 Å². The summed E-state index contributed by atoms with van der Waals surface area (Å²) >= 11 is 1.70. The second-order valence-electron chi connectivity index (χ2n) is 6.98. The van der Waals surface area contributed by atoms with Crippen LogP contribution in [0.15, 0.2) is 11.6 Å². The molecule has 0 aromatic carbocycles. The first-order valence-electron chi connectivity index (χ1n) is 9.04. The molecule has 0 bridgehead atoms. The molecule has 7 nitrogen and oxygen atoms in total. The largest absolute Gasteiger partial charge is 0.337 e. The van der Waals surface area contributed by atoms with Gasteiger partial charge >= 0.3 is 0 Å². The van der Waals surface area contributed by atoms with Gasteiger partial charge in [0.25, 0.3) is 5.91 Å². The first-order chi connectivity index (χ1) is 12.2. The quantitative estimate of drug-likeness (QED) is 0.906. The lowest BCUT2D eigenvalue weighted by molar-refractivity contribution is 0.0701. The number of hydrogen-bond acceptors (Lipinski definition) is 6. The van der Waals surface area contributed by atoms with Gasteiger partial charge in [-0.3, -0.25) is 4.79 Å². The number of hydrogen-bond donors (Lipinski definition) is 1. The molecule has 8 heteroatoms. The highest BCUT2D eigenvalue weighted by atomic mass is 32.1. The van der Waals surface area contributed by atoms with Crippen molar-refractivity contribution in [3.05, 3.63) is 28.0 Å². The number of nitrogens with zero attached hydrogens (tertiary/aromatic N) is 5. The first-order valence-corrected chi connectivity index (χ1v) is 9.92. The Morgan fingerprint density at radius 2 is 2.16 bits per heavy atom. The molecule has 25 heavy (non-hydrogen) atoms. The number of aromatic nitrogens is 4. The van der Waals surface area contributed by atoms with Gasteiger partial charge in [0, 0.05) is 30.1 Å². The van der Waals surface area contributed by atoms with Crippen molar-refractivity contribution in [3.8, 4) is 0 Å². The highest BCUT2D eigenvalue weighted by molar-refractivity contribution is 7.09. The number of nitrogens with one attached hydrogen (secondary N) is 1. The summed E-state index contributed by atoms with van der Waals surface area (Å²) in [7, 11) is 0. The number of aryl methyl sites for hydroxylation is 1. The first kappa shape index (κ1) is 16.7. The van der Waals surface area contributed by atoms with E-state index < -0.39 is 0 Å².